The second kappa shape index (κ2) is 15.3. The second-order valence-corrected chi connectivity index (χ2v) is 8.90. The van der Waals surface area contributed by atoms with Crippen molar-refractivity contribution in [1.82, 2.24) is 14.9 Å². The van der Waals surface area contributed by atoms with Crippen molar-refractivity contribution in [2.75, 3.05) is 18.9 Å². The lowest BCUT2D eigenvalue weighted by Crippen LogP contribution is -2.26. The van der Waals surface area contributed by atoms with Gasteiger partial charge in [0.1, 0.15) is 11.6 Å². The van der Waals surface area contributed by atoms with Crippen LogP contribution in [0.2, 0.25) is 10.0 Å². The fraction of sp³-hybridized carbons (Fsp3) is 0.310. The highest BCUT2D eigenvalue weighted by Crippen LogP contribution is 2.25. The molecule has 0 spiro atoms. The largest absolute Gasteiger partial charge is 0.388 e. The highest BCUT2D eigenvalue weighted by molar-refractivity contribution is 6.34. The first-order valence-electron chi connectivity index (χ1n) is 12.4. The van der Waals surface area contributed by atoms with Gasteiger partial charge in [0.15, 0.2) is 0 Å². The molecule has 198 valence electrons. The van der Waals surface area contributed by atoms with Gasteiger partial charge in [-0.3, -0.25) is 4.79 Å². The molecule has 1 heterocycles. The van der Waals surface area contributed by atoms with Crippen molar-refractivity contribution in [1.29, 1.82) is 0 Å². The molecule has 1 amide bonds. The normalized spacial score (nSPS) is 12.2. The fourth-order valence-electron chi connectivity index (χ4n) is 3.57. The average Bonchev–Trinajstić information content (AvgIpc) is 3.27. The molecule has 3 N–H and O–H groups in total. The van der Waals surface area contributed by atoms with E-state index < -0.39 is 6.10 Å². The SMILES string of the molecule is CC.CC/C=C(/C=C\c1nc(NC)cn1C)c1ccc(Cl)c(C(=O)NCCC(O)c2ccc(Cl)cc2)c1. The van der Waals surface area contributed by atoms with E-state index in [0.717, 1.165) is 34.8 Å². The zero-order valence-electron chi connectivity index (χ0n) is 22.1. The topological polar surface area (TPSA) is 79.2 Å². The van der Waals surface area contributed by atoms with Crippen LogP contribution in [0.3, 0.4) is 0 Å². The molecule has 2 aromatic carbocycles. The molecule has 0 saturated heterocycles. The predicted octanol–water partition coefficient (Wildman–Crippen LogP) is 7.16. The fourth-order valence-corrected chi connectivity index (χ4v) is 3.90. The summed E-state index contributed by atoms with van der Waals surface area (Å²) in [6, 6.07) is 12.4. The Balaban J connectivity index is 0.00000235. The predicted molar refractivity (Wildman–Crippen MR) is 156 cm³/mol. The summed E-state index contributed by atoms with van der Waals surface area (Å²) in [4.78, 5) is 17.4. The van der Waals surface area contributed by atoms with E-state index in [0.29, 0.717) is 28.6 Å². The number of allylic oxidation sites excluding steroid dienone is 3. The van der Waals surface area contributed by atoms with Gasteiger partial charge in [-0.15, -0.1) is 0 Å². The van der Waals surface area contributed by atoms with E-state index in [1.165, 1.54) is 0 Å². The number of hydrogen-bond acceptors (Lipinski definition) is 4. The molecule has 1 atom stereocenters. The molecule has 0 bridgehead atoms. The maximum Gasteiger partial charge on any atom is 0.252 e. The van der Waals surface area contributed by atoms with Gasteiger partial charge in [0.25, 0.3) is 5.91 Å². The molecular weight excluding hydrogens is 507 g/mol. The van der Waals surface area contributed by atoms with E-state index in [9.17, 15) is 9.90 Å². The number of benzene rings is 2. The molecule has 1 unspecified atom stereocenters. The number of nitrogens with zero attached hydrogens (tertiary/aromatic N) is 2. The van der Waals surface area contributed by atoms with Gasteiger partial charge in [0.05, 0.1) is 16.7 Å². The molecule has 0 aliphatic rings. The average molecular weight is 544 g/mol. The van der Waals surface area contributed by atoms with Crippen LogP contribution in [0.25, 0.3) is 11.6 Å². The Labute approximate surface area is 230 Å². The lowest BCUT2D eigenvalue weighted by molar-refractivity contribution is 0.0942. The molecule has 0 saturated carbocycles. The number of halogens is 2. The van der Waals surface area contributed by atoms with Crippen LogP contribution in [0, 0.1) is 0 Å². The number of carbonyl (C=O) groups is 1. The van der Waals surface area contributed by atoms with Crippen LogP contribution < -0.4 is 10.6 Å². The number of anilines is 1. The zero-order chi connectivity index (χ0) is 27.4. The van der Waals surface area contributed by atoms with Crippen molar-refractivity contribution in [2.45, 2.75) is 39.7 Å². The Morgan fingerprint density at radius 2 is 1.86 bits per heavy atom. The summed E-state index contributed by atoms with van der Waals surface area (Å²) in [5, 5.41) is 17.2. The van der Waals surface area contributed by atoms with Crippen LogP contribution in [-0.2, 0) is 7.05 Å². The number of carbonyl (C=O) groups excluding carboxylic acids is 1. The van der Waals surface area contributed by atoms with Crippen LogP contribution in [0.1, 0.15) is 67.0 Å². The lowest BCUT2D eigenvalue weighted by atomic mass is 10.0. The van der Waals surface area contributed by atoms with Crippen molar-refractivity contribution in [2.24, 2.45) is 7.05 Å². The number of aryl methyl sites for hydroxylation is 1. The van der Waals surface area contributed by atoms with Gasteiger partial charge in [-0.2, -0.15) is 0 Å². The van der Waals surface area contributed by atoms with Crippen LogP contribution in [0.15, 0.2) is 60.8 Å². The van der Waals surface area contributed by atoms with Crippen LogP contribution in [-0.4, -0.2) is 34.2 Å². The molecule has 0 radical (unpaired) electrons. The van der Waals surface area contributed by atoms with Crippen LogP contribution in [0.4, 0.5) is 5.82 Å². The smallest absolute Gasteiger partial charge is 0.252 e. The monoisotopic (exact) mass is 542 g/mol. The maximum atomic E-state index is 12.9. The third-order valence-corrected chi connectivity index (χ3v) is 6.09. The van der Waals surface area contributed by atoms with Gasteiger partial charge in [-0.1, -0.05) is 74.3 Å². The van der Waals surface area contributed by atoms with E-state index in [1.54, 1.807) is 36.4 Å². The van der Waals surface area contributed by atoms with E-state index in [4.69, 9.17) is 23.2 Å². The van der Waals surface area contributed by atoms with Crippen molar-refractivity contribution in [3.8, 4) is 0 Å². The van der Waals surface area contributed by atoms with E-state index in [-0.39, 0.29) is 5.91 Å². The van der Waals surface area contributed by atoms with Crippen LogP contribution >= 0.6 is 23.2 Å². The third-order valence-electron chi connectivity index (χ3n) is 5.51. The summed E-state index contributed by atoms with van der Waals surface area (Å²) in [5.41, 5.74) is 2.97. The second-order valence-electron chi connectivity index (χ2n) is 8.05. The standard InChI is InChI=1S/C27H30Cl2N4O2.C2H6/c1-4-5-18(9-13-26-32-25(30-2)17-33(26)3)20-8-12-23(29)22(16-20)27(35)31-15-14-24(34)19-6-10-21(28)11-7-19;1-2/h5-13,16-17,24,30,34H,4,14-15H2,1-3H3,(H,31,35);1-2H3/b13-9-,18-5-;. The first kappa shape index (κ1) is 30.2. The molecule has 0 fully saturated rings. The number of aromatic nitrogens is 2. The minimum absolute atomic E-state index is 0.289. The summed E-state index contributed by atoms with van der Waals surface area (Å²) in [6.45, 7) is 6.36. The summed E-state index contributed by atoms with van der Waals surface area (Å²) < 4.78 is 1.94. The summed E-state index contributed by atoms with van der Waals surface area (Å²) in [6.07, 6.45) is 8.42. The van der Waals surface area contributed by atoms with Crippen molar-refractivity contribution in [3.63, 3.8) is 0 Å². The number of nitrogens with one attached hydrogen (secondary N) is 2. The van der Waals surface area contributed by atoms with Gasteiger partial charge in [-0.05, 0) is 59.9 Å². The number of hydrogen-bond donors (Lipinski definition) is 3. The zero-order valence-corrected chi connectivity index (χ0v) is 23.6. The first-order valence-corrected chi connectivity index (χ1v) is 13.2. The number of aliphatic hydroxyl groups excluding tert-OH is 1. The Kier molecular flexibility index (Phi) is 12.4. The molecule has 8 heteroatoms. The molecule has 3 rings (SSSR count). The number of rotatable bonds is 10. The number of aliphatic hydroxyl groups is 1. The Morgan fingerprint density at radius 1 is 1.16 bits per heavy atom. The van der Waals surface area contributed by atoms with Gasteiger partial charge in [0.2, 0.25) is 0 Å². The molecule has 6 nitrogen and oxygen atoms in total. The van der Waals surface area contributed by atoms with E-state index >= 15 is 0 Å². The minimum atomic E-state index is -0.701. The molecule has 0 aliphatic heterocycles. The Hall–Kier alpha value is -3.06. The van der Waals surface area contributed by atoms with Crippen LogP contribution in [0.5, 0.6) is 0 Å². The summed E-state index contributed by atoms with van der Waals surface area (Å²) >= 11 is 12.3. The molecule has 37 heavy (non-hydrogen) atoms. The van der Waals surface area contributed by atoms with Crippen molar-refractivity contribution < 1.29 is 9.90 Å². The summed E-state index contributed by atoms with van der Waals surface area (Å²) in [5.74, 6) is 1.31. The van der Waals surface area contributed by atoms with E-state index in [2.05, 4.69) is 28.6 Å². The highest BCUT2D eigenvalue weighted by Gasteiger charge is 2.14. The quantitative estimate of drug-likeness (QED) is 0.237. The minimum Gasteiger partial charge on any atom is -0.388 e. The number of imidazole rings is 1. The van der Waals surface area contributed by atoms with E-state index in [1.807, 2.05) is 56.9 Å². The molecule has 0 aliphatic carbocycles. The molecule has 1 aromatic heterocycles. The Morgan fingerprint density at radius 3 is 2.49 bits per heavy atom. The first-order chi connectivity index (χ1) is 17.8. The highest BCUT2D eigenvalue weighted by atomic mass is 35.5. The third kappa shape index (κ3) is 8.78. The maximum absolute atomic E-state index is 12.9. The van der Waals surface area contributed by atoms with Crippen molar-refractivity contribution in [3.05, 3.63) is 93.4 Å². The Bertz CT molecular complexity index is 1220. The van der Waals surface area contributed by atoms with Gasteiger partial charge < -0.3 is 20.3 Å². The van der Waals surface area contributed by atoms with Gasteiger partial charge in [-0.25, -0.2) is 4.98 Å². The van der Waals surface area contributed by atoms with Gasteiger partial charge >= 0.3 is 0 Å². The van der Waals surface area contributed by atoms with Crippen molar-refractivity contribution >= 4 is 46.6 Å². The lowest BCUT2D eigenvalue weighted by Gasteiger charge is -2.13. The molecule has 3 aromatic rings. The van der Waals surface area contributed by atoms with Gasteiger partial charge in [0, 0.05) is 31.9 Å². The summed E-state index contributed by atoms with van der Waals surface area (Å²) in [7, 11) is 3.77. The molecular formula is C29H36Cl2N4O2. The number of amides is 1.